The average Bonchev–Trinajstić information content (AvgIpc) is 2.53. The summed E-state index contributed by atoms with van der Waals surface area (Å²) in [5.41, 5.74) is 3.47. The van der Waals surface area contributed by atoms with E-state index in [1.54, 1.807) is 18.0 Å². The molecule has 1 aliphatic rings. The molecule has 2 aromatic carbocycles. The molecular weight excluding hydrogens is 264 g/mol. The summed E-state index contributed by atoms with van der Waals surface area (Å²) in [5.74, 6) is 0.578. The molecule has 0 aliphatic carbocycles. The van der Waals surface area contributed by atoms with Crippen molar-refractivity contribution in [3.8, 4) is 5.75 Å². The lowest BCUT2D eigenvalue weighted by atomic mass is 10.1. The zero-order valence-electron chi connectivity index (χ0n) is 12.2. The van der Waals surface area contributed by atoms with E-state index in [1.807, 2.05) is 43.3 Å². The van der Waals surface area contributed by atoms with Gasteiger partial charge < -0.3 is 15.0 Å². The van der Waals surface area contributed by atoms with E-state index in [-0.39, 0.29) is 5.91 Å². The molecule has 2 aromatic rings. The number of nitrogens with zero attached hydrogens (tertiary/aromatic N) is 1. The normalized spacial score (nSPS) is 12.9. The van der Waals surface area contributed by atoms with Crippen molar-refractivity contribution in [2.24, 2.45) is 0 Å². The number of carbonyl (C=O) groups is 1. The topological polar surface area (TPSA) is 41.6 Å². The number of nitrogens with one attached hydrogen (secondary N) is 1. The van der Waals surface area contributed by atoms with Crippen molar-refractivity contribution < 1.29 is 9.53 Å². The second-order valence-electron chi connectivity index (χ2n) is 5.16. The Hall–Kier alpha value is -2.49. The zero-order valence-corrected chi connectivity index (χ0v) is 12.2. The predicted octanol–water partition coefficient (Wildman–Crippen LogP) is 3.08. The summed E-state index contributed by atoms with van der Waals surface area (Å²) in [5, 5.41) is 3.25. The van der Waals surface area contributed by atoms with Gasteiger partial charge in [0.15, 0.2) is 5.75 Å². The summed E-state index contributed by atoms with van der Waals surface area (Å²) in [4.78, 5) is 14.4. The van der Waals surface area contributed by atoms with Crippen molar-refractivity contribution in [3.05, 3.63) is 53.6 Å². The van der Waals surface area contributed by atoms with E-state index < -0.39 is 0 Å². The van der Waals surface area contributed by atoms with Crippen LogP contribution in [0, 0.1) is 6.92 Å². The number of fused-ring (bicyclic) bond motifs is 1. The minimum atomic E-state index is -0.0684. The smallest absolute Gasteiger partial charge is 0.261 e. The molecule has 1 N–H and O–H groups in total. The van der Waals surface area contributed by atoms with Crippen LogP contribution in [0.5, 0.6) is 5.75 Å². The molecular formula is C17H18N2O2. The molecule has 0 bridgehead atoms. The van der Waals surface area contributed by atoms with Crippen molar-refractivity contribution in [2.75, 3.05) is 30.4 Å². The molecule has 1 heterocycles. The Morgan fingerprint density at radius 2 is 2.05 bits per heavy atom. The molecule has 0 saturated carbocycles. The van der Waals surface area contributed by atoms with Gasteiger partial charge in [0.1, 0.15) is 6.61 Å². The number of hydrogen-bond donors (Lipinski definition) is 1. The number of carbonyl (C=O) groups excluding carboxylic acids is 1. The molecule has 0 spiro atoms. The third-order valence-corrected chi connectivity index (χ3v) is 3.60. The van der Waals surface area contributed by atoms with Crippen LogP contribution in [0.4, 0.5) is 11.4 Å². The zero-order chi connectivity index (χ0) is 14.8. The second-order valence-corrected chi connectivity index (χ2v) is 5.16. The molecule has 0 saturated heterocycles. The Morgan fingerprint density at radius 1 is 1.24 bits per heavy atom. The maximum Gasteiger partial charge on any atom is 0.261 e. The minimum absolute atomic E-state index is 0.0684. The fourth-order valence-electron chi connectivity index (χ4n) is 2.47. The maximum absolute atomic E-state index is 12.7. The Bertz CT molecular complexity index is 682. The standard InChI is InChI=1S/C17H18N2O2/c1-12-5-3-6-13(11-12)19(2)17(20)14-7-4-8-15-16(14)21-10-9-18-15/h3-8,11,18H,9-10H2,1-2H3. The lowest BCUT2D eigenvalue weighted by Gasteiger charge is -2.24. The highest BCUT2D eigenvalue weighted by molar-refractivity contribution is 6.08. The molecule has 4 nitrogen and oxygen atoms in total. The number of amides is 1. The SMILES string of the molecule is Cc1cccc(N(C)C(=O)c2cccc3c2OCCN3)c1. The van der Waals surface area contributed by atoms with Gasteiger partial charge in [0, 0.05) is 19.3 Å². The Labute approximate surface area is 124 Å². The van der Waals surface area contributed by atoms with Crippen molar-refractivity contribution in [1.82, 2.24) is 0 Å². The van der Waals surface area contributed by atoms with Gasteiger partial charge in [-0.15, -0.1) is 0 Å². The number of benzene rings is 2. The van der Waals surface area contributed by atoms with Gasteiger partial charge in [-0.1, -0.05) is 18.2 Å². The van der Waals surface area contributed by atoms with Crippen LogP contribution in [0.2, 0.25) is 0 Å². The first kappa shape index (κ1) is 13.5. The highest BCUT2D eigenvalue weighted by Gasteiger charge is 2.22. The Morgan fingerprint density at radius 3 is 2.86 bits per heavy atom. The summed E-state index contributed by atoms with van der Waals surface area (Å²) in [6.07, 6.45) is 0. The van der Waals surface area contributed by atoms with Crippen molar-refractivity contribution in [2.45, 2.75) is 6.92 Å². The van der Waals surface area contributed by atoms with Crippen LogP contribution in [0.3, 0.4) is 0 Å². The van der Waals surface area contributed by atoms with E-state index in [2.05, 4.69) is 5.32 Å². The van der Waals surface area contributed by atoms with Crippen LogP contribution in [0.1, 0.15) is 15.9 Å². The van der Waals surface area contributed by atoms with E-state index in [0.29, 0.717) is 17.9 Å². The quantitative estimate of drug-likeness (QED) is 0.920. The number of aryl methyl sites for hydroxylation is 1. The predicted molar refractivity (Wildman–Crippen MR) is 84.3 cm³/mol. The highest BCUT2D eigenvalue weighted by Crippen LogP contribution is 2.32. The monoisotopic (exact) mass is 282 g/mol. The molecule has 0 radical (unpaired) electrons. The first-order valence-electron chi connectivity index (χ1n) is 7.01. The summed E-state index contributed by atoms with van der Waals surface area (Å²) in [6.45, 7) is 3.35. The second kappa shape index (κ2) is 5.48. The molecule has 0 fully saturated rings. The van der Waals surface area contributed by atoms with E-state index >= 15 is 0 Å². The van der Waals surface area contributed by atoms with E-state index in [9.17, 15) is 4.79 Å². The van der Waals surface area contributed by atoms with Crippen LogP contribution in [0.25, 0.3) is 0 Å². The van der Waals surface area contributed by atoms with E-state index in [1.165, 1.54) is 0 Å². The first-order chi connectivity index (χ1) is 10.2. The van der Waals surface area contributed by atoms with Crippen molar-refractivity contribution >= 4 is 17.3 Å². The van der Waals surface area contributed by atoms with Crippen LogP contribution >= 0.6 is 0 Å². The van der Waals surface area contributed by atoms with Crippen LogP contribution in [-0.4, -0.2) is 26.1 Å². The number of anilines is 2. The van der Waals surface area contributed by atoms with Crippen molar-refractivity contribution in [1.29, 1.82) is 0 Å². The van der Waals surface area contributed by atoms with Gasteiger partial charge in [-0.25, -0.2) is 0 Å². The molecule has 3 rings (SSSR count). The van der Waals surface area contributed by atoms with Gasteiger partial charge in [0.25, 0.3) is 5.91 Å². The largest absolute Gasteiger partial charge is 0.489 e. The third-order valence-electron chi connectivity index (χ3n) is 3.60. The van der Waals surface area contributed by atoms with Crippen LogP contribution in [-0.2, 0) is 0 Å². The summed E-state index contributed by atoms with van der Waals surface area (Å²) in [7, 11) is 1.78. The number of para-hydroxylation sites is 1. The fraction of sp³-hybridized carbons (Fsp3) is 0.235. The van der Waals surface area contributed by atoms with Crippen LogP contribution < -0.4 is 15.0 Å². The number of rotatable bonds is 2. The average molecular weight is 282 g/mol. The molecule has 4 heteroatoms. The molecule has 0 unspecified atom stereocenters. The van der Waals surface area contributed by atoms with Crippen molar-refractivity contribution in [3.63, 3.8) is 0 Å². The van der Waals surface area contributed by atoms with Gasteiger partial charge in [-0.3, -0.25) is 4.79 Å². The Kier molecular flexibility index (Phi) is 3.52. The summed E-state index contributed by atoms with van der Waals surface area (Å²) in [6, 6.07) is 13.5. The molecule has 1 aliphatic heterocycles. The van der Waals surface area contributed by atoms with Gasteiger partial charge in [0.05, 0.1) is 11.3 Å². The summed E-state index contributed by atoms with van der Waals surface area (Å²) < 4.78 is 5.68. The van der Waals surface area contributed by atoms with E-state index in [0.717, 1.165) is 23.5 Å². The summed E-state index contributed by atoms with van der Waals surface area (Å²) >= 11 is 0. The lowest BCUT2D eigenvalue weighted by molar-refractivity contribution is 0.0989. The lowest BCUT2D eigenvalue weighted by Crippen LogP contribution is -2.28. The van der Waals surface area contributed by atoms with Crippen LogP contribution in [0.15, 0.2) is 42.5 Å². The molecule has 0 aromatic heterocycles. The third kappa shape index (κ3) is 2.57. The van der Waals surface area contributed by atoms with Gasteiger partial charge in [-0.05, 0) is 36.8 Å². The first-order valence-corrected chi connectivity index (χ1v) is 7.01. The minimum Gasteiger partial charge on any atom is -0.489 e. The molecule has 108 valence electrons. The molecule has 21 heavy (non-hydrogen) atoms. The Balaban J connectivity index is 1.95. The maximum atomic E-state index is 12.7. The number of hydrogen-bond acceptors (Lipinski definition) is 3. The molecule has 1 amide bonds. The van der Waals surface area contributed by atoms with Gasteiger partial charge in [0.2, 0.25) is 0 Å². The van der Waals surface area contributed by atoms with E-state index in [4.69, 9.17) is 4.74 Å². The fourth-order valence-corrected chi connectivity index (χ4v) is 2.47. The van der Waals surface area contributed by atoms with Gasteiger partial charge >= 0.3 is 0 Å². The highest BCUT2D eigenvalue weighted by atomic mass is 16.5. The van der Waals surface area contributed by atoms with Gasteiger partial charge in [-0.2, -0.15) is 0 Å². The number of ether oxygens (including phenoxy) is 1. The molecule has 0 atom stereocenters.